The SMILES string of the molecule is CCC(=O)Nc1ccc(C(=O)O)cc1C1=C(c2cc(F)ccc2O)CCC1. The lowest BCUT2D eigenvalue weighted by Gasteiger charge is -2.16. The summed E-state index contributed by atoms with van der Waals surface area (Å²) in [6, 6.07) is 8.30. The Morgan fingerprint density at radius 1 is 1.07 bits per heavy atom. The maximum Gasteiger partial charge on any atom is 0.335 e. The molecule has 0 aromatic heterocycles. The van der Waals surface area contributed by atoms with E-state index in [2.05, 4.69) is 5.32 Å². The van der Waals surface area contributed by atoms with E-state index in [1.54, 1.807) is 13.0 Å². The summed E-state index contributed by atoms with van der Waals surface area (Å²) < 4.78 is 13.7. The molecule has 0 radical (unpaired) electrons. The molecule has 5 nitrogen and oxygen atoms in total. The highest BCUT2D eigenvalue weighted by Gasteiger charge is 2.23. The Morgan fingerprint density at radius 3 is 2.44 bits per heavy atom. The predicted molar refractivity (Wildman–Crippen MR) is 101 cm³/mol. The van der Waals surface area contributed by atoms with E-state index in [1.165, 1.54) is 30.3 Å². The molecule has 1 aliphatic carbocycles. The molecule has 0 aliphatic heterocycles. The second-order valence-electron chi connectivity index (χ2n) is 6.44. The molecule has 0 unspecified atom stereocenters. The van der Waals surface area contributed by atoms with Crippen LogP contribution in [0.4, 0.5) is 10.1 Å². The molecule has 1 amide bonds. The van der Waals surface area contributed by atoms with Crippen LogP contribution in [0, 0.1) is 5.82 Å². The summed E-state index contributed by atoms with van der Waals surface area (Å²) in [5.74, 6) is -1.74. The number of carboxylic acids is 1. The monoisotopic (exact) mass is 369 g/mol. The van der Waals surface area contributed by atoms with Crippen molar-refractivity contribution in [3.05, 3.63) is 58.9 Å². The number of phenols is 1. The normalized spacial score (nSPS) is 13.7. The van der Waals surface area contributed by atoms with Crippen molar-refractivity contribution in [1.29, 1.82) is 0 Å². The highest BCUT2D eigenvalue weighted by molar-refractivity contribution is 6.02. The van der Waals surface area contributed by atoms with Crippen LogP contribution in [-0.2, 0) is 4.79 Å². The van der Waals surface area contributed by atoms with Crippen LogP contribution in [0.1, 0.15) is 54.1 Å². The Bertz CT molecular complexity index is 949. The van der Waals surface area contributed by atoms with E-state index in [9.17, 15) is 24.2 Å². The van der Waals surface area contributed by atoms with Crippen LogP contribution < -0.4 is 5.32 Å². The molecular weight excluding hydrogens is 349 g/mol. The second kappa shape index (κ2) is 7.61. The number of phenolic OH excluding ortho intramolecular Hbond substituents is 1. The number of halogens is 1. The zero-order valence-electron chi connectivity index (χ0n) is 14.9. The lowest BCUT2D eigenvalue weighted by atomic mass is 9.94. The third-order valence-corrected chi connectivity index (χ3v) is 4.69. The van der Waals surface area contributed by atoms with Crippen molar-refractivity contribution in [2.45, 2.75) is 32.6 Å². The van der Waals surface area contributed by atoms with E-state index < -0.39 is 11.8 Å². The number of carbonyl (C=O) groups is 2. The van der Waals surface area contributed by atoms with Crippen molar-refractivity contribution in [2.24, 2.45) is 0 Å². The average molecular weight is 369 g/mol. The van der Waals surface area contributed by atoms with Gasteiger partial charge in [0.1, 0.15) is 11.6 Å². The number of allylic oxidation sites excluding steroid dienone is 2. The summed E-state index contributed by atoms with van der Waals surface area (Å²) in [6.07, 6.45) is 2.35. The van der Waals surface area contributed by atoms with Crippen LogP contribution in [0.5, 0.6) is 5.75 Å². The summed E-state index contributed by atoms with van der Waals surface area (Å²) in [5.41, 5.74) is 3.18. The number of anilines is 1. The number of aromatic carboxylic acids is 1. The first-order chi connectivity index (χ1) is 12.9. The number of nitrogens with one attached hydrogen (secondary N) is 1. The summed E-state index contributed by atoms with van der Waals surface area (Å²) in [4.78, 5) is 23.3. The molecule has 0 bridgehead atoms. The van der Waals surface area contributed by atoms with Gasteiger partial charge in [-0.15, -0.1) is 0 Å². The van der Waals surface area contributed by atoms with Crippen LogP contribution in [0.3, 0.4) is 0 Å². The van der Waals surface area contributed by atoms with E-state index in [0.29, 0.717) is 29.7 Å². The summed E-state index contributed by atoms with van der Waals surface area (Å²) in [7, 11) is 0. The molecule has 140 valence electrons. The van der Waals surface area contributed by atoms with E-state index in [1.807, 2.05) is 0 Å². The van der Waals surface area contributed by atoms with Gasteiger partial charge in [-0.3, -0.25) is 4.79 Å². The molecule has 0 atom stereocenters. The Labute approximate surface area is 156 Å². The Balaban J connectivity index is 2.19. The minimum atomic E-state index is -1.07. The van der Waals surface area contributed by atoms with Gasteiger partial charge in [-0.05, 0) is 66.8 Å². The standard InChI is InChI=1S/C21H20FNO4/c1-2-20(25)23-18-8-6-12(21(26)27)10-16(18)14-4-3-5-15(14)17-11-13(22)7-9-19(17)24/h6-11,24H,2-5H2,1H3,(H,23,25)(H,26,27). The van der Waals surface area contributed by atoms with Crippen LogP contribution in [0.2, 0.25) is 0 Å². The zero-order valence-corrected chi connectivity index (χ0v) is 14.9. The van der Waals surface area contributed by atoms with E-state index in [0.717, 1.165) is 17.6 Å². The number of hydrogen-bond acceptors (Lipinski definition) is 3. The number of aromatic hydroxyl groups is 1. The van der Waals surface area contributed by atoms with Gasteiger partial charge in [0, 0.05) is 23.2 Å². The molecule has 0 saturated heterocycles. The molecule has 2 aromatic rings. The molecule has 0 fully saturated rings. The molecule has 0 saturated carbocycles. The largest absolute Gasteiger partial charge is 0.507 e. The second-order valence-corrected chi connectivity index (χ2v) is 6.44. The Morgan fingerprint density at radius 2 is 1.78 bits per heavy atom. The topological polar surface area (TPSA) is 86.6 Å². The molecular formula is C21H20FNO4. The van der Waals surface area contributed by atoms with Crippen LogP contribution in [0.15, 0.2) is 36.4 Å². The van der Waals surface area contributed by atoms with E-state index in [4.69, 9.17) is 0 Å². The smallest absolute Gasteiger partial charge is 0.335 e. The van der Waals surface area contributed by atoms with Crippen molar-refractivity contribution in [3.63, 3.8) is 0 Å². The van der Waals surface area contributed by atoms with Crippen LogP contribution in [0.25, 0.3) is 11.1 Å². The van der Waals surface area contributed by atoms with Gasteiger partial charge in [-0.1, -0.05) is 6.92 Å². The lowest BCUT2D eigenvalue weighted by molar-refractivity contribution is -0.115. The number of hydrogen-bond donors (Lipinski definition) is 3. The van der Waals surface area contributed by atoms with Gasteiger partial charge in [0.15, 0.2) is 0 Å². The predicted octanol–water partition coefficient (Wildman–Crippen LogP) is 4.67. The van der Waals surface area contributed by atoms with E-state index >= 15 is 0 Å². The fourth-order valence-corrected chi connectivity index (χ4v) is 3.36. The van der Waals surface area contributed by atoms with Crippen LogP contribution >= 0.6 is 0 Å². The minimum Gasteiger partial charge on any atom is -0.507 e. The maximum absolute atomic E-state index is 13.7. The fourth-order valence-electron chi connectivity index (χ4n) is 3.36. The molecule has 27 heavy (non-hydrogen) atoms. The van der Waals surface area contributed by atoms with Gasteiger partial charge in [-0.25, -0.2) is 9.18 Å². The number of carboxylic acid groups (broad SMARTS) is 1. The lowest BCUT2D eigenvalue weighted by Crippen LogP contribution is -2.12. The van der Waals surface area contributed by atoms with Gasteiger partial charge in [0.05, 0.1) is 5.56 Å². The fraction of sp³-hybridized carbons (Fsp3) is 0.238. The van der Waals surface area contributed by atoms with Gasteiger partial charge in [0.2, 0.25) is 5.91 Å². The maximum atomic E-state index is 13.7. The molecule has 0 spiro atoms. The molecule has 6 heteroatoms. The van der Waals surface area contributed by atoms with Gasteiger partial charge in [-0.2, -0.15) is 0 Å². The number of amides is 1. The van der Waals surface area contributed by atoms with Crippen LogP contribution in [-0.4, -0.2) is 22.1 Å². The molecule has 3 N–H and O–H groups in total. The summed E-state index contributed by atoms with van der Waals surface area (Å²) in [5, 5.41) is 22.3. The van der Waals surface area contributed by atoms with Crippen molar-refractivity contribution in [1.82, 2.24) is 0 Å². The third kappa shape index (κ3) is 3.84. The highest BCUT2D eigenvalue weighted by atomic mass is 19.1. The highest BCUT2D eigenvalue weighted by Crippen LogP contribution is 2.44. The molecule has 0 heterocycles. The van der Waals surface area contributed by atoms with E-state index in [-0.39, 0.29) is 23.6 Å². The quantitative estimate of drug-likeness (QED) is 0.715. The summed E-state index contributed by atoms with van der Waals surface area (Å²) >= 11 is 0. The van der Waals surface area contributed by atoms with Crippen molar-refractivity contribution >= 4 is 28.7 Å². The van der Waals surface area contributed by atoms with Gasteiger partial charge < -0.3 is 15.5 Å². The third-order valence-electron chi connectivity index (χ3n) is 4.69. The average Bonchev–Trinajstić information content (AvgIpc) is 3.13. The van der Waals surface area contributed by atoms with Gasteiger partial charge in [0.25, 0.3) is 0 Å². The van der Waals surface area contributed by atoms with Gasteiger partial charge >= 0.3 is 5.97 Å². The molecule has 1 aliphatic rings. The summed E-state index contributed by atoms with van der Waals surface area (Å²) in [6.45, 7) is 1.73. The van der Waals surface area contributed by atoms with Crippen molar-refractivity contribution < 1.29 is 24.2 Å². The molecule has 2 aromatic carbocycles. The molecule has 3 rings (SSSR count). The first-order valence-electron chi connectivity index (χ1n) is 8.79. The number of rotatable bonds is 5. The first-order valence-corrected chi connectivity index (χ1v) is 8.79. The Kier molecular flexibility index (Phi) is 5.26. The zero-order chi connectivity index (χ0) is 19.6. The number of carbonyl (C=O) groups excluding carboxylic acids is 1. The van der Waals surface area contributed by atoms with Crippen molar-refractivity contribution in [3.8, 4) is 5.75 Å². The van der Waals surface area contributed by atoms with Crippen molar-refractivity contribution in [2.75, 3.05) is 5.32 Å². The number of benzene rings is 2. The minimum absolute atomic E-state index is 0.0284. The first kappa shape index (κ1) is 18.6. The Hall–Kier alpha value is -3.15.